The zero-order valence-electron chi connectivity index (χ0n) is 16.8. The Labute approximate surface area is 158 Å². The number of anilines is 1. The molecule has 3 heteroatoms. The molecule has 0 aliphatic rings. The minimum atomic E-state index is -0.0225. The van der Waals surface area contributed by atoms with E-state index in [-0.39, 0.29) is 6.03 Å². The summed E-state index contributed by atoms with van der Waals surface area (Å²) in [6.45, 7) is 12.1. The summed E-state index contributed by atoms with van der Waals surface area (Å²) in [6.07, 6.45) is 0.934. The summed E-state index contributed by atoms with van der Waals surface area (Å²) in [5.41, 5.74) is 4.52. The van der Waals surface area contributed by atoms with E-state index in [1.165, 1.54) is 11.1 Å². The highest BCUT2D eigenvalue weighted by molar-refractivity contribution is 5.91. The number of rotatable bonds is 7. The fraction of sp³-hybridized carbons (Fsp3) is 0.435. The first kappa shape index (κ1) is 20.0. The lowest BCUT2D eigenvalue weighted by Crippen LogP contribution is -2.35. The Kier molecular flexibility index (Phi) is 7.26. The molecule has 2 aromatic rings. The van der Waals surface area contributed by atoms with Crippen LogP contribution in [0.1, 0.15) is 69.6 Å². The van der Waals surface area contributed by atoms with Crippen molar-refractivity contribution in [3.05, 3.63) is 65.2 Å². The molecule has 0 aromatic heterocycles. The molecule has 0 radical (unpaired) electrons. The van der Waals surface area contributed by atoms with Crippen LogP contribution >= 0.6 is 0 Å². The van der Waals surface area contributed by atoms with Gasteiger partial charge in [0.05, 0.1) is 0 Å². The summed E-state index contributed by atoms with van der Waals surface area (Å²) >= 11 is 0. The Morgan fingerprint density at radius 1 is 0.923 bits per heavy atom. The number of nitrogens with zero attached hydrogens (tertiary/aromatic N) is 1. The van der Waals surface area contributed by atoms with Crippen molar-refractivity contribution >= 4 is 11.7 Å². The fourth-order valence-corrected chi connectivity index (χ4v) is 3.21. The number of nitrogens with one attached hydrogen (secondary N) is 1. The topological polar surface area (TPSA) is 32.3 Å². The van der Waals surface area contributed by atoms with Crippen LogP contribution in [0.4, 0.5) is 10.5 Å². The third kappa shape index (κ3) is 5.10. The maximum atomic E-state index is 13.1. The van der Waals surface area contributed by atoms with E-state index in [0.717, 1.165) is 24.2 Å². The summed E-state index contributed by atoms with van der Waals surface area (Å²) in [6, 6.07) is 16.5. The normalized spacial score (nSPS) is 11.0. The molecule has 0 aliphatic heterocycles. The number of hydrogen-bond donors (Lipinski definition) is 1. The Bertz CT molecular complexity index is 681. The van der Waals surface area contributed by atoms with Gasteiger partial charge in [-0.25, -0.2) is 4.79 Å². The van der Waals surface area contributed by atoms with E-state index in [9.17, 15) is 4.79 Å². The zero-order valence-corrected chi connectivity index (χ0v) is 16.8. The molecule has 2 aromatic carbocycles. The number of hydrogen-bond acceptors (Lipinski definition) is 1. The Morgan fingerprint density at radius 2 is 1.50 bits per heavy atom. The molecule has 0 saturated carbocycles. The predicted molar refractivity (Wildman–Crippen MR) is 111 cm³/mol. The Morgan fingerprint density at radius 3 is 2.00 bits per heavy atom. The SMILES string of the molecule is CCCN(Cc1ccccc1)C(=O)Nc1c(C(C)C)cccc1C(C)C. The highest BCUT2D eigenvalue weighted by atomic mass is 16.2. The Balaban J connectivity index is 2.28. The molecule has 3 nitrogen and oxygen atoms in total. The number of benzene rings is 2. The van der Waals surface area contributed by atoms with Crippen LogP contribution in [0.2, 0.25) is 0 Å². The smallest absolute Gasteiger partial charge is 0.320 e. The second-order valence-electron chi connectivity index (χ2n) is 7.46. The van der Waals surface area contributed by atoms with Gasteiger partial charge in [0.15, 0.2) is 0 Å². The maximum Gasteiger partial charge on any atom is 0.322 e. The van der Waals surface area contributed by atoms with Crippen molar-refractivity contribution in [1.82, 2.24) is 4.90 Å². The lowest BCUT2D eigenvalue weighted by molar-refractivity contribution is 0.209. The first-order valence-corrected chi connectivity index (χ1v) is 9.66. The fourth-order valence-electron chi connectivity index (χ4n) is 3.21. The molecular formula is C23H32N2O. The minimum Gasteiger partial charge on any atom is -0.320 e. The molecule has 2 rings (SSSR count). The van der Waals surface area contributed by atoms with Gasteiger partial charge < -0.3 is 10.2 Å². The van der Waals surface area contributed by atoms with E-state index in [4.69, 9.17) is 0 Å². The summed E-state index contributed by atoms with van der Waals surface area (Å²) in [5, 5.41) is 3.23. The van der Waals surface area contributed by atoms with Crippen molar-refractivity contribution in [1.29, 1.82) is 0 Å². The molecule has 26 heavy (non-hydrogen) atoms. The van der Waals surface area contributed by atoms with Crippen molar-refractivity contribution in [2.75, 3.05) is 11.9 Å². The molecular weight excluding hydrogens is 320 g/mol. The van der Waals surface area contributed by atoms with Gasteiger partial charge in [-0.05, 0) is 34.9 Å². The molecule has 0 bridgehead atoms. The van der Waals surface area contributed by atoms with E-state index in [2.05, 4.69) is 70.3 Å². The van der Waals surface area contributed by atoms with Gasteiger partial charge in [0.25, 0.3) is 0 Å². The Hall–Kier alpha value is -2.29. The van der Waals surface area contributed by atoms with Gasteiger partial charge in [-0.2, -0.15) is 0 Å². The highest BCUT2D eigenvalue weighted by Crippen LogP contribution is 2.32. The van der Waals surface area contributed by atoms with Crippen LogP contribution in [-0.2, 0) is 6.54 Å². The first-order valence-electron chi connectivity index (χ1n) is 9.66. The molecule has 0 heterocycles. The van der Waals surface area contributed by atoms with Crippen molar-refractivity contribution in [3.63, 3.8) is 0 Å². The van der Waals surface area contributed by atoms with Gasteiger partial charge >= 0.3 is 6.03 Å². The van der Waals surface area contributed by atoms with Crippen molar-refractivity contribution < 1.29 is 4.79 Å². The van der Waals surface area contributed by atoms with Gasteiger partial charge in [0.1, 0.15) is 0 Å². The number of urea groups is 1. The van der Waals surface area contributed by atoms with Gasteiger partial charge in [-0.3, -0.25) is 0 Å². The largest absolute Gasteiger partial charge is 0.322 e. The lowest BCUT2D eigenvalue weighted by atomic mass is 9.93. The van der Waals surface area contributed by atoms with Crippen LogP contribution in [0, 0.1) is 0 Å². The standard InChI is InChI=1S/C23H32N2O/c1-6-15-25(16-19-11-8-7-9-12-19)23(26)24-22-20(17(2)3)13-10-14-21(22)18(4)5/h7-14,17-18H,6,15-16H2,1-5H3,(H,24,26). The number of amides is 2. The zero-order chi connectivity index (χ0) is 19.1. The van der Waals surface area contributed by atoms with E-state index in [0.29, 0.717) is 18.4 Å². The van der Waals surface area contributed by atoms with Crippen LogP contribution in [0.15, 0.2) is 48.5 Å². The van der Waals surface area contributed by atoms with Crippen molar-refractivity contribution in [3.8, 4) is 0 Å². The summed E-state index contributed by atoms with van der Waals surface area (Å²) in [7, 11) is 0. The monoisotopic (exact) mass is 352 g/mol. The van der Waals surface area contributed by atoms with Crippen LogP contribution < -0.4 is 5.32 Å². The van der Waals surface area contributed by atoms with Crippen molar-refractivity contribution in [2.24, 2.45) is 0 Å². The molecule has 0 unspecified atom stereocenters. The van der Waals surface area contributed by atoms with Crippen LogP contribution in [-0.4, -0.2) is 17.5 Å². The summed E-state index contributed by atoms with van der Waals surface area (Å²) in [5.74, 6) is 0.718. The number of para-hydroxylation sites is 1. The summed E-state index contributed by atoms with van der Waals surface area (Å²) < 4.78 is 0. The predicted octanol–water partition coefficient (Wildman–Crippen LogP) is 6.38. The molecule has 1 N–H and O–H groups in total. The van der Waals surface area contributed by atoms with Gasteiger partial charge in [-0.1, -0.05) is 83.1 Å². The molecule has 140 valence electrons. The second-order valence-corrected chi connectivity index (χ2v) is 7.46. The van der Waals surface area contributed by atoms with E-state index >= 15 is 0 Å². The first-order chi connectivity index (χ1) is 12.4. The summed E-state index contributed by atoms with van der Waals surface area (Å²) in [4.78, 5) is 15.0. The molecule has 0 atom stereocenters. The van der Waals surface area contributed by atoms with Gasteiger partial charge in [-0.15, -0.1) is 0 Å². The van der Waals surface area contributed by atoms with E-state index in [1.54, 1.807) is 0 Å². The second kappa shape index (κ2) is 9.42. The maximum absolute atomic E-state index is 13.1. The average Bonchev–Trinajstić information content (AvgIpc) is 2.62. The third-order valence-electron chi connectivity index (χ3n) is 4.60. The quantitative estimate of drug-likeness (QED) is 0.616. The molecule has 0 fully saturated rings. The highest BCUT2D eigenvalue weighted by Gasteiger charge is 2.19. The van der Waals surface area contributed by atoms with Gasteiger partial charge in [0, 0.05) is 18.8 Å². The van der Waals surface area contributed by atoms with Crippen LogP contribution in [0.5, 0.6) is 0 Å². The van der Waals surface area contributed by atoms with Crippen molar-refractivity contribution in [2.45, 2.75) is 59.4 Å². The molecule has 2 amide bonds. The lowest BCUT2D eigenvalue weighted by Gasteiger charge is -2.26. The molecule has 0 spiro atoms. The average molecular weight is 353 g/mol. The van der Waals surface area contributed by atoms with Gasteiger partial charge in [0.2, 0.25) is 0 Å². The van der Waals surface area contributed by atoms with Crippen LogP contribution in [0.3, 0.4) is 0 Å². The number of carbonyl (C=O) groups excluding carboxylic acids is 1. The minimum absolute atomic E-state index is 0.0225. The van der Waals surface area contributed by atoms with E-state index in [1.807, 2.05) is 23.1 Å². The molecule has 0 aliphatic carbocycles. The number of carbonyl (C=O) groups is 1. The van der Waals surface area contributed by atoms with E-state index < -0.39 is 0 Å². The van der Waals surface area contributed by atoms with Crippen LogP contribution in [0.25, 0.3) is 0 Å². The molecule has 0 saturated heterocycles. The third-order valence-corrected chi connectivity index (χ3v) is 4.60.